The second-order valence-electron chi connectivity index (χ2n) is 6.34. The number of urea groups is 1. The lowest BCUT2D eigenvalue weighted by atomic mass is 9.91. The number of halogens is 3. The van der Waals surface area contributed by atoms with E-state index in [9.17, 15) is 23.2 Å². The quantitative estimate of drug-likeness (QED) is 0.557. The third kappa shape index (κ3) is 3.37. The van der Waals surface area contributed by atoms with Crippen molar-refractivity contribution in [1.29, 1.82) is 0 Å². The van der Waals surface area contributed by atoms with Gasteiger partial charge in [0.05, 0.1) is 18.1 Å². The summed E-state index contributed by atoms with van der Waals surface area (Å²) in [6, 6.07) is 6.33. The molecule has 1 aliphatic rings. The Morgan fingerprint density at radius 2 is 1.93 bits per heavy atom. The molecule has 1 unspecified atom stereocenters. The number of nitrogens with one attached hydrogen (secondary N) is 1. The number of ether oxygens (including phenoxy) is 1. The third-order valence-electron chi connectivity index (χ3n) is 4.52. The van der Waals surface area contributed by atoms with E-state index in [1.807, 2.05) is 0 Å². The average Bonchev–Trinajstić information content (AvgIpc) is 2.87. The maximum absolute atomic E-state index is 14.2. The molecule has 9 heteroatoms. The van der Waals surface area contributed by atoms with E-state index >= 15 is 0 Å². The van der Waals surface area contributed by atoms with Gasteiger partial charge in [-0.2, -0.15) is 0 Å². The standard InChI is InChI=1S/C19H15BrF2N2O4/c1-19(12-8-11(21)4-5-14(12)22)17(26)24(18(27)23-19)9-15(25)10-3-6-16(28-2)13(20)7-10/h3-8H,9H2,1-2H3,(H,23,27). The van der Waals surface area contributed by atoms with Crippen LogP contribution < -0.4 is 10.1 Å². The number of hydrogen-bond acceptors (Lipinski definition) is 4. The van der Waals surface area contributed by atoms with Crippen molar-refractivity contribution in [3.63, 3.8) is 0 Å². The lowest BCUT2D eigenvalue weighted by Crippen LogP contribution is -2.42. The van der Waals surface area contributed by atoms with Crippen molar-refractivity contribution >= 4 is 33.7 Å². The minimum atomic E-state index is -1.82. The summed E-state index contributed by atoms with van der Waals surface area (Å²) in [6.45, 7) is 0.718. The maximum Gasteiger partial charge on any atom is 0.325 e. The molecule has 2 aromatic rings. The lowest BCUT2D eigenvalue weighted by Gasteiger charge is -2.22. The molecule has 1 saturated heterocycles. The van der Waals surface area contributed by atoms with Gasteiger partial charge in [0.25, 0.3) is 5.91 Å². The minimum Gasteiger partial charge on any atom is -0.496 e. The fourth-order valence-corrected chi connectivity index (χ4v) is 3.52. The van der Waals surface area contributed by atoms with E-state index in [0.29, 0.717) is 15.1 Å². The first-order valence-corrected chi connectivity index (χ1v) is 8.93. The summed E-state index contributed by atoms with van der Waals surface area (Å²) < 4.78 is 33.3. The molecule has 3 rings (SSSR count). The molecule has 0 bridgehead atoms. The first-order chi connectivity index (χ1) is 13.2. The van der Waals surface area contributed by atoms with E-state index in [2.05, 4.69) is 21.2 Å². The van der Waals surface area contributed by atoms with E-state index in [1.165, 1.54) is 26.2 Å². The van der Waals surface area contributed by atoms with Crippen LogP contribution in [0.2, 0.25) is 0 Å². The molecule has 2 aromatic carbocycles. The van der Waals surface area contributed by atoms with Crippen molar-refractivity contribution in [2.45, 2.75) is 12.5 Å². The number of carbonyl (C=O) groups excluding carboxylic acids is 3. The summed E-state index contributed by atoms with van der Waals surface area (Å²) in [5.74, 6) is -2.43. The number of hydrogen-bond donors (Lipinski definition) is 1. The molecule has 0 saturated carbocycles. The van der Waals surface area contributed by atoms with Crippen LogP contribution in [-0.4, -0.2) is 36.3 Å². The van der Waals surface area contributed by atoms with Crippen molar-refractivity contribution in [1.82, 2.24) is 10.2 Å². The van der Waals surface area contributed by atoms with Crippen molar-refractivity contribution in [3.8, 4) is 5.75 Å². The lowest BCUT2D eigenvalue weighted by molar-refractivity contribution is -0.130. The molecule has 0 aromatic heterocycles. The second-order valence-corrected chi connectivity index (χ2v) is 7.20. The fraction of sp³-hybridized carbons (Fsp3) is 0.211. The molecule has 0 spiro atoms. The highest BCUT2D eigenvalue weighted by Gasteiger charge is 2.50. The van der Waals surface area contributed by atoms with Gasteiger partial charge >= 0.3 is 6.03 Å². The zero-order valence-electron chi connectivity index (χ0n) is 14.9. The molecule has 28 heavy (non-hydrogen) atoms. The summed E-state index contributed by atoms with van der Waals surface area (Å²) in [6.07, 6.45) is 0. The highest BCUT2D eigenvalue weighted by atomic mass is 79.9. The van der Waals surface area contributed by atoms with Gasteiger partial charge in [0.15, 0.2) is 5.78 Å². The van der Waals surface area contributed by atoms with Crippen LogP contribution >= 0.6 is 15.9 Å². The summed E-state index contributed by atoms with van der Waals surface area (Å²) >= 11 is 3.26. The molecule has 0 radical (unpaired) electrons. The number of amides is 3. The van der Waals surface area contributed by atoms with Crippen LogP contribution in [0.15, 0.2) is 40.9 Å². The number of ketones is 1. The van der Waals surface area contributed by atoms with Gasteiger partial charge in [-0.3, -0.25) is 14.5 Å². The van der Waals surface area contributed by atoms with E-state index < -0.39 is 41.4 Å². The molecule has 1 heterocycles. The first-order valence-electron chi connectivity index (χ1n) is 8.13. The van der Waals surface area contributed by atoms with Crippen LogP contribution in [0.3, 0.4) is 0 Å². The van der Waals surface area contributed by atoms with Crippen molar-refractivity contribution in [2.75, 3.05) is 13.7 Å². The summed E-state index contributed by atoms with van der Waals surface area (Å²) in [5, 5.41) is 2.35. The Hall–Kier alpha value is -2.81. The number of nitrogens with zero attached hydrogens (tertiary/aromatic N) is 1. The Balaban J connectivity index is 1.87. The second kappa shape index (κ2) is 7.31. The fourth-order valence-electron chi connectivity index (χ4n) is 2.98. The number of rotatable bonds is 5. The summed E-state index contributed by atoms with van der Waals surface area (Å²) in [5.41, 5.74) is -1.88. The molecular formula is C19H15BrF2N2O4. The Labute approximate surface area is 167 Å². The van der Waals surface area contributed by atoms with E-state index in [-0.39, 0.29) is 11.1 Å². The predicted molar refractivity (Wildman–Crippen MR) is 99.0 cm³/mol. The summed E-state index contributed by atoms with van der Waals surface area (Å²) in [7, 11) is 1.47. The SMILES string of the molecule is COc1ccc(C(=O)CN2C(=O)NC(C)(c3cc(F)ccc3F)C2=O)cc1Br. The van der Waals surface area contributed by atoms with Crippen molar-refractivity contribution in [2.24, 2.45) is 0 Å². The van der Waals surface area contributed by atoms with E-state index in [1.54, 1.807) is 6.07 Å². The number of carbonyl (C=O) groups is 3. The van der Waals surface area contributed by atoms with Crippen LogP contribution in [0.25, 0.3) is 0 Å². The monoisotopic (exact) mass is 452 g/mol. The highest BCUT2D eigenvalue weighted by molar-refractivity contribution is 9.10. The average molecular weight is 453 g/mol. The molecule has 3 amide bonds. The Morgan fingerprint density at radius 3 is 2.57 bits per heavy atom. The molecule has 1 fully saturated rings. The van der Waals surface area contributed by atoms with Gasteiger partial charge in [0.1, 0.15) is 22.9 Å². The minimum absolute atomic E-state index is 0.249. The Morgan fingerprint density at radius 1 is 1.21 bits per heavy atom. The van der Waals surface area contributed by atoms with Gasteiger partial charge in [-0.1, -0.05) is 0 Å². The number of imide groups is 1. The summed E-state index contributed by atoms with van der Waals surface area (Å²) in [4.78, 5) is 38.3. The van der Waals surface area contributed by atoms with Crippen molar-refractivity contribution < 1.29 is 27.9 Å². The van der Waals surface area contributed by atoms with Crippen LogP contribution in [0.4, 0.5) is 13.6 Å². The molecule has 1 atom stereocenters. The normalized spacial score (nSPS) is 19.0. The zero-order chi connectivity index (χ0) is 20.6. The largest absolute Gasteiger partial charge is 0.496 e. The van der Waals surface area contributed by atoms with Gasteiger partial charge in [0.2, 0.25) is 0 Å². The maximum atomic E-state index is 14.2. The van der Waals surface area contributed by atoms with Crippen LogP contribution in [-0.2, 0) is 10.3 Å². The van der Waals surface area contributed by atoms with Crippen LogP contribution in [0, 0.1) is 11.6 Å². The smallest absolute Gasteiger partial charge is 0.325 e. The molecule has 146 valence electrons. The van der Waals surface area contributed by atoms with Crippen LogP contribution in [0.1, 0.15) is 22.8 Å². The Bertz CT molecular complexity index is 998. The third-order valence-corrected chi connectivity index (χ3v) is 5.14. The van der Waals surface area contributed by atoms with Gasteiger partial charge in [-0.15, -0.1) is 0 Å². The molecular weight excluding hydrogens is 438 g/mol. The first kappa shape index (κ1) is 19.9. The van der Waals surface area contributed by atoms with Crippen LogP contribution in [0.5, 0.6) is 5.75 Å². The van der Waals surface area contributed by atoms with Gasteiger partial charge < -0.3 is 10.1 Å². The topological polar surface area (TPSA) is 75.7 Å². The van der Waals surface area contributed by atoms with Gasteiger partial charge in [0, 0.05) is 11.1 Å². The number of benzene rings is 2. The Kier molecular flexibility index (Phi) is 5.20. The number of methoxy groups -OCH3 is 1. The molecule has 0 aliphatic carbocycles. The van der Waals surface area contributed by atoms with E-state index in [4.69, 9.17) is 4.74 Å². The number of Topliss-reactive ketones (excluding diaryl/α,β-unsaturated/α-hetero) is 1. The van der Waals surface area contributed by atoms with Gasteiger partial charge in [-0.05, 0) is 59.3 Å². The van der Waals surface area contributed by atoms with Crippen molar-refractivity contribution in [3.05, 3.63) is 63.6 Å². The highest BCUT2D eigenvalue weighted by Crippen LogP contribution is 2.32. The zero-order valence-corrected chi connectivity index (χ0v) is 16.5. The molecule has 6 nitrogen and oxygen atoms in total. The molecule has 1 N–H and O–H groups in total. The van der Waals surface area contributed by atoms with Gasteiger partial charge in [-0.25, -0.2) is 13.6 Å². The molecule has 1 aliphatic heterocycles. The van der Waals surface area contributed by atoms with E-state index in [0.717, 1.165) is 18.2 Å². The predicted octanol–water partition coefficient (Wildman–Crippen LogP) is 3.39.